The fraction of sp³-hybridized carbons (Fsp3) is 0.769. The Balaban J connectivity index is 2.16. The molecule has 0 saturated heterocycles. The second-order valence-corrected chi connectivity index (χ2v) is 5.18. The van der Waals surface area contributed by atoms with Crippen LogP contribution in [0.25, 0.3) is 0 Å². The summed E-state index contributed by atoms with van der Waals surface area (Å²) >= 11 is 0. The molecular formula is C13H23N5O. The summed E-state index contributed by atoms with van der Waals surface area (Å²) < 4.78 is 0. The number of carbonyl (C=O) groups excluding carboxylic acids is 1. The Labute approximate surface area is 113 Å². The van der Waals surface area contributed by atoms with Crippen molar-refractivity contribution >= 4 is 5.91 Å². The van der Waals surface area contributed by atoms with Crippen LogP contribution < -0.4 is 5.73 Å². The summed E-state index contributed by atoms with van der Waals surface area (Å²) in [5.74, 6) is 1.24. The topological polar surface area (TPSA) is 87.9 Å². The Kier molecular flexibility index (Phi) is 4.52. The second-order valence-electron chi connectivity index (χ2n) is 5.18. The van der Waals surface area contributed by atoms with Crippen molar-refractivity contribution < 1.29 is 4.79 Å². The molecule has 19 heavy (non-hydrogen) atoms. The van der Waals surface area contributed by atoms with E-state index >= 15 is 0 Å². The van der Waals surface area contributed by atoms with Crippen LogP contribution in [0.15, 0.2) is 0 Å². The Morgan fingerprint density at radius 1 is 1.47 bits per heavy atom. The molecule has 2 unspecified atom stereocenters. The van der Waals surface area contributed by atoms with Gasteiger partial charge in [0.25, 0.3) is 5.91 Å². The van der Waals surface area contributed by atoms with Crippen LogP contribution in [0.1, 0.15) is 49.1 Å². The molecule has 0 aliphatic heterocycles. The molecule has 1 heterocycles. The predicted molar refractivity (Wildman–Crippen MR) is 72.6 cm³/mol. The van der Waals surface area contributed by atoms with E-state index in [0.29, 0.717) is 24.8 Å². The molecule has 0 spiro atoms. The average molecular weight is 265 g/mol. The minimum Gasteiger partial charge on any atom is -0.333 e. The number of amides is 1. The van der Waals surface area contributed by atoms with E-state index in [1.807, 2.05) is 11.8 Å². The van der Waals surface area contributed by atoms with Crippen molar-refractivity contribution in [2.75, 3.05) is 13.1 Å². The lowest BCUT2D eigenvalue weighted by atomic mass is 9.83. The fourth-order valence-corrected chi connectivity index (χ4v) is 2.97. The van der Waals surface area contributed by atoms with Crippen molar-refractivity contribution in [2.45, 2.75) is 45.6 Å². The Morgan fingerprint density at radius 3 is 2.79 bits per heavy atom. The van der Waals surface area contributed by atoms with Crippen LogP contribution in [-0.4, -0.2) is 45.1 Å². The summed E-state index contributed by atoms with van der Waals surface area (Å²) in [7, 11) is 0. The Bertz CT molecular complexity index is 430. The number of nitrogens with zero attached hydrogens (tertiary/aromatic N) is 3. The average Bonchev–Trinajstić information content (AvgIpc) is 2.86. The van der Waals surface area contributed by atoms with Crippen molar-refractivity contribution in [1.29, 1.82) is 0 Å². The largest absolute Gasteiger partial charge is 0.333 e. The predicted octanol–water partition coefficient (Wildman–Crippen LogP) is 1.09. The number of hydrogen-bond donors (Lipinski definition) is 2. The van der Waals surface area contributed by atoms with Gasteiger partial charge < -0.3 is 10.6 Å². The molecule has 0 bridgehead atoms. The van der Waals surface area contributed by atoms with E-state index in [1.54, 1.807) is 6.92 Å². The van der Waals surface area contributed by atoms with Gasteiger partial charge in [-0.15, -0.1) is 5.10 Å². The third kappa shape index (κ3) is 2.94. The number of carbonyl (C=O) groups is 1. The number of hydrogen-bond acceptors (Lipinski definition) is 4. The molecule has 2 atom stereocenters. The zero-order valence-electron chi connectivity index (χ0n) is 11.7. The smallest absolute Gasteiger partial charge is 0.293 e. The van der Waals surface area contributed by atoms with Gasteiger partial charge in [0.2, 0.25) is 5.82 Å². The van der Waals surface area contributed by atoms with Crippen molar-refractivity contribution in [1.82, 2.24) is 20.1 Å². The summed E-state index contributed by atoms with van der Waals surface area (Å²) in [5, 5.41) is 6.70. The van der Waals surface area contributed by atoms with Crippen molar-refractivity contribution in [3.8, 4) is 0 Å². The van der Waals surface area contributed by atoms with Crippen molar-refractivity contribution in [2.24, 2.45) is 11.7 Å². The molecule has 6 heteroatoms. The van der Waals surface area contributed by atoms with Gasteiger partial charge in [0.15, 0.2) is 0 Å². The van der Waals surface area contributed by atoms with E-state index in [9.17, 15) is 4.79 Å². The highest BCUT2D eigenvalue weighted by Gasteiger charge is 2.32. The molecular weight excluding hydrogens is 242 g/mol. The van der Waals surface area contributed by atoms with E-state index in [4.69, 9.17) is 5.73 Å². The summed E-state index contributed by atoms with van der Waals surface area (Å²) in [6.07, 6.45) is 4.52. The van der Waals surface area contributed by atoms with Gasteiger partial charge in [0.05, 0.1) is 0 Å². The van der Waals surface area contributed by atoms with E-state index in [0.717, 1.165) is 19.3 Å². The van der Waals surface area contributed by atoms with Crippen LogP contribution in [0, 0.1) is 12.8 Å². The van der Waals surface area contributed by atoms with Crippen molar-refractivity contribution in [3.05, 3.63) is 11.6 Å². The molecule has 106 valence electrons. The first-order chi connectivity index (χ1) is 9.17. The molecule has 1 fully saturated rings. The maximum absolute atomic E-state index is 12.5. The molecule has 1 saturated carbocycles. The van der Waals surface area contributed by atoms with Crippen LogP contribution >= 0.6 is 0 Å². The highest BCUT2D eigenvalue weighted by atomic mass is 16.2. The molecule has 1 aromatic heterocycles. The third-order valence-electron chi connectivity index (χ3n) is 3.96. The molecule has 6 nitrogen and oxygen atoms in total. The molecule has 2 rings (SSSR count). The molecule has 1 aliphatic carbocycles. The summed E-state index contributed by atoms with van der Waals surface area (Å²) in [6.45, 7) is 5.11. The standard InChI is InChI=1S/C13H23N5O/c1-3-18(11-7-5-4-6-10(11)8-14)13(19)12-15-9(2)16-17-12/h10-11H,3-8,14H2,1-2H3,(H,15,16,17). The van der Waals surface area contributed by atoms with E-state index < -0.39 is 0 Å². The van der Waals surface area contributed by atoms with Gasteiger partial charge in [-0.25, -0.2) is 4.98 Å². The quantitative estimate of drug-likeness (QED) is 0.853. The van der Waals surface area contributed by atoms with Crippen LogP contribution in [0.2, 0.25) is 0 Å². The van der Waals surface area contributed by atoms with Gasteiger partial charge in [-0.3, -0.25) is 9.89 Å². The molecule has 0 radical (unpaired) electrons. The van der Waals surface area contributed by atoms with E-state index in [1.165, 1.54) is 6.42 Å². The Hall–Kier alpha value is -1.43. The molecule has 0 aromatic carbocycles. The zero-order chi connectivity index (χ0) is 13.8. The lowest BCUT2D eigenvalue weighted by molar-refractivity contribution is 0.0548. The third-order valence-corrected chi connectivity index (χ3v) is 3.96. The first-order valence-corrected chi connectivity index (χ1v) is 7.07. The van der Waals surface area contributed by atoms with Crippen LogP contribution in [0.3, 0.4) is 0 Å². The number of nitrogens with two attached hydrogens (primary N) is 1. The first-order valence-electron chi connectivity index (χ1n) is 7.07. The van der Waals surface area contributed by atoms with E-state index in [2.05, 4.69) is 15.2 Å². The van der Waals surface area contributed by atoms with Gasteiger partial charge in [-0.05, 0) is 39.2 Å². The fourth-order valence-electron chi connectivity index (χ4n) is 2.97. The minimum atomic E-state index is -0.0859. The molecule has 1 aromatic rings. The van der Waals surface area contributed by atoms with E-state index in [-0.39, 0.29) is 17.8 Å². The highest BCUT2D eigenvalue weighted by Crippen LogP contribution is 2.28. The monoisotopic (exact) mass is 265 g/mol. The maximum atomic E-state index is 12.5. The SMILES string of the molecule is CCN(C(=O)c1n[nH]c(C)n1)C1CCCCC1CN. The lowest BCUT2D eigenvalue weighted by Gasteiger charge is -2.38. The number of nitrogens with one attached hydrogen (secondary N) is 1. The Morgan fingerprint density at radius 2 is 2.21 bits per heavy atom. The van der Waals surface area contributed by atoms with Gasteiger partial charge in [-0.1, -0.05) is 12.8 Å². The number of aromatic nitrogens is 3. The highest BCUT2D eigenvalue weighted by molar-refractivity contribution is 5.90. The summed E-state index contributed by atoms with van der Waals surface area (Å²) in [5.41, 5.74) is 5.85. The van der Waals surface area contributed by atoms with Gasteiger partial charge >= 0.3 is 0 Å². The summed E-state index contributed by atoms with van der Waals surface area (Å²) in [6, 6.07) is 0.232. The molecule has 1 aliphatic rings. The maximum Gasteiger partial charge on any atom is 0.293 e. The van der Waals surface area contributed by atoms with Gasteiger partial charge in [-0.2, -0.15) is 0 Å². The minimum absolute atomic E-state index is 0.0859. The van der Waals surface area contributed by atoms with Crippen molar-refractivity contribution in [3.63, 3.8) is 0 Å². The molecule has 3 N–H and O–H groups in total. The van der Waals surface area contributed by atoms with Gasteiger partial charge in [0.1, 0.15) is 5.82 Å². The normalized spacial score (nSPS) is 23.3. The second kappa shape index (κ2) is 6.14. The lowest BCUT2D eigenvalue weighted by Crippen LogP contribution is -2.48. The zero-order valence-corrected chi connectivity index (χ0v) is 11.7. The number of H-pyrrole nitrogens is 1. The van der Waals surface area contributed by atoms with Gasteiger partial charge in [0, 0.05) is 12.6 Å². The van der Waals surface area contributed by atoms with Crippen LogP contribution in [0.4, 0.5) is 0 Å². The number of aryl methyl sites for hydroxylation is 1. The summed E-state index contributed by atoms with van der Waals surface area (Å²) in [4.78, 5) is 18.5. The van der Waals surface area contributed by atoms with Crippen LogP contribution in [-0.2, 0) is 0 Å². The van der Waals surface area contributed by atoms with Crippen LogP contribution in [0.5, 0.6) is 0 Å². The number of rotatable bonds is 4. The molecule has 1 amide bonds. The number of aromatic amines is 1. The first kappa shape index (κ1) is 14.0.